The maximum Gasteiger partial charge on any atom is 0.271 e. The Morgan fingerprint density at radius 3 is 2.91 bits per heavy atom. The Morgan fingerprint density at radius 1 is 1.32 bits per heavy atom. The molecule has 2 aliphatic rings. The first kappa shape index (κ1) is 21.5. The zero-order chi connectivity index (χ0) is 23.8. The summed E-state index contributed by atoms with van der Waals surface area (Å²) in [5.74, 6) is -0.418. The van der Waals surface area contributed by atoms with E-state index in [0.717, 1.165) is 10.4 Å². The third-order valence-electron chi connectivity index (χ3n) is 5.98. The Kier molecular flexibility index (Phi) is 5.43. The van der Waals surface area contributed by atoms with Gasteiger partial charge in [-0.2, -0.15) is 10.4 Å². The van der Waals surface area contributed by atoms with Crippen molar-refractivity contribution in [2.24, 2.45) is 5.73 Å². The van der Waals surface area contributed by atoms with Gasteiger partial charge in [0.15, 0.2) is 5.78 Å². The fraction of sp³-hybridized carbons (Fsp3) is 0.217. The molecule has 3 aromatic rings. The molecule has 1 aliphatic heterocycles. The Morgan fingerprint density at radius 2 is 2.18 bits per heavy atom. The maximum atomic E-state index is 13.2. The van der Waals surface area contributed by atoms with Crippen molar-refractivity contribution in [3.8, 4) is 6.07 Å². The fourth-order valence-corrected chi connectivity index (χ4v) is 5.56. The highest BCUT2D eigenvalue weighted by atomic mass is 32.1. The predicted octanol–water partition coefficient (Wildman–Crippen LogP) is 3.60. The summed E-state index contributed by atoms with van der Waals surface area (Å²) in [4.78, 5) is 30.5. The lowest BCUT2D eigenvalue weighted by molar-refractivity contribution is -0.384. The van der Waals surface area contributed by atoms with E-state index in [0.29, 0.717) is 42.8 Å². The highest BCUT2D eigenvalue weighted by Gasteiger charge is 2.41. The number of nitrogens with two attached hydrogens (primary N) is 1. The number of aromatic nitrogens is 3. The lowest BCUT2D eigenvalue weighted by atomic mass is 9.78. The SMILES string of the molecule is N#CC1=C(N)N(c2cccc([N+](=O)[O-])c2)C2=C(C(=O)CCC2)[C@@H]1c1cc(Cn2cncn2)cs1. The Hall–Kier alpha value is -4.30. The summed E-state index contributed by atoms with van der Waals surface area (Å²) >= 11 is 1.46. The quantitative estimate of drug-likeness (QED) is 0.437. The number of rotatable bonds is 5. The van der Waals surface area contributed by atoms with Gasteiger partial charge < -0.3 is 5.73 Å². The molecule has 34 heavy (non-hydrogen) atoms. The number of carbonyl (C=O) groups excluding carboxylic acids is 1. The summed E-state index contributed by atoms with van der Waals surface area (Å²) < 4.78 is 1.70. The summed E-state index contributed by atoms with van der Waals surface area (Å²) in [5.41, 5.74) is 9.38. The van der Waals surface area contributed by atoms with Crippen LogP contribution in [0.1, 0.15) is 35.6 Å². The molecule has 0 saturated heterocycles. The van der Waals surface area contributed by atoms with Crippen LogP contribution in [-0.2, 0) is 11.3 Å². The van der Waals surface area contributed by atoms with Crippen LogP contribution >= 0.6 is 11.3 Å². The molecule has 1 aliphatic carbocycles. The van der Waals surface area contributed by atoms with Gasteiger partial charge in [-0.05, 0) is 35.9 Å². The molecule has 0 saturated carbocycles. The Balaban J connectivity index is 1.63. The zero-order valence-electron chi connectivity index (χ0n) is 17.9. The number of carbonyl (C=O) groups is 1. The average molecular weight is 474 g/mol. The molecular weight excluding hydrogens is 454 g/mol. The van der Waals surface area contributed by atoms with E-state index < -0.39 is 10.8 Å². The number of non-ortho nitro benzene ring substituents is 1. The van der Waals surface area contributed by atoms with Crippen molar-refractivity contribution in [2.45, 2.75) is 31.7 Å². The zero-order valence-corrected chi connectivity index (χ0v) is 18.7. The molecule has 11 heteroatoms. The van der Waals surface area contributed by atoms with Crippen molar-refractivity contribution < 1.29 is 9.72 Å². The number of hydrogen-bond acceptors (Lipinski definition) is 9. The Labute approximate surface area is 198 Å². The largest absolute Gasteiger partial charge is 0.384 e. The first-order chi connectivity index (χ1) is 16.5. The molecule has 0 unspecified atom stereocenters. The van der Waals surface area contributed by atoms with Crippen LogP contribution in [0.15, 0.2) is 71.0 Å². The number of anilines is 1. The lowest BCUT2D eigenvalue weighted by Crippen LogP contribution is -2.38. The number of ketones is 1. The molecule has 1 atom stereocenters. The van der Waals surface area contributed by atoms with Crippen molar-refractivity contribution in [2.75, 3.05) is 4.90 Å². The molecule has 3 heterocycles. The number of nitriles is 1. The third kappa shape index (κ3) is 3.64. The van der Waals surface area contributed by atoms with Crippen molar-refractivity contribution in [1.29, 1.82) is 5.26 Å². The fourth-order valence-electron chi connectivity index (χ4n) is 4.54. The van der Waals surface area contributed by atoms with Crippen LogP contribution in [0.5, 0.6) is 0 Å². The van der Waals surface area contributed by atoms with E-state index in [4.69, 9.17) is 5.73 Å². The molecule has 5 rings (SSSR count). The topological polar surface area (TPSA) is 144 Å². The van der Waals surface area contributed by atoms with Gasteiger partial charge in [0.05, 0.1) is 34.7 Å². The van der Waals surface area contributed by atoms with Crippen LogP contribution in [-0.4, -0.2) is 25.5 Å². The van der Waals surface area contributed by atoms with Gasteiger partial charge in [-0.25, -0.2) is 9.67 Å². The van der Waals surface area contributed by atoms with Gasteiger partial charge in [-0.3, -0.25) is 19.8 Å². The normalized spacial score (nSPS) is 18.1. The van der Waals surface area contributed by atoms with Gasteiger partial charge in [0.25, 0.3) is 5.69 Å². The smallest absolute Gasteiger partial charge is 0.271 e. The summed E-state index contributed by atoms with van der Waals surface area (Å²) in [5, 5.41) is 27.6. The second-order valence-corrected chi connectivity index (χ2v) is 8.99. The minimum atomic E-state index is -0.572. The highest BCUT2D eigenvalue weighted by Crippen LogP contribution is 2.47. The van der Waals surface area contributed by atoms with E-state index in [1.807, 2.05) is 11.4 Å². The van der Waals surface area contributed by atoms with Crippen molar-refractivity contribution in [3.05, 3.63) is 91.6 Å². The maximum absolute atomic E-state index is 13.2. The standard InChI is InChI=1S/C23H19N7O3S/c24-9-17-21(20-7-14(11-34-20)10-28-13-26-12-27-28)22-18(5-2-6-19(22)31)29(23(17)25)15-3-1-4-16(8-15)30(32)33/h1,3-4,7-8,11-13,21H,2,5-6,10,25H2/t21-/m0/s1. The second kappa shape index (κ2) is 8.57. The molecule has 0 spiro atoms. The van der Waals surface area contributed by atoms with E-state index in [1.54, 1.807) is 28.0 Å². The summed E-state index contributed by atoms with van der Waals surface area (Å²) in [6, 6.07) is 10.3. The first-order valence-corrected chi connectivity index (χ1v) is 11.5. The molecule has 0 bridgehead atoms. The van der Waals surface area contributed by atoms with Crippen LogP contribution in [0.4, 0.5) is 11.4 Å². The van der Waals surface area contributed by atoms with E-state index in [9.17, 15) is 20.2 Å². The summed E-state index contributed by atoms with van der Waals surface area (Å²) in [6.07, 6.45) is 4.70. The molecule has 0 radical (unpaired) electrons. The lowest BCUT2D eigenvalue weighted by Gasteiger charge is -2.39. The number of thiophene rings is 1. The van der Waals surface area contributed by atoms with Crippen molar-refractivity contribution >= 4 is 28.5 Å². The average Bonchev–Trinajstić information content (AvgIpc) is 3.51. The second-order valence-electron chi connectivity index (χ2n) is 8.04. The first-order valence-electron chi connectivity index (χ1n) is 10.6. The Bertz CT molecular complexity index is 1400. The monoisotopic (exact) mass is 473 g/mol. The van der Waals surface area contributed by atoms with Crippen LogP contribution < -0.4 is 10.6 Å². The van der Waals surface area contributed by atoms with Crippen molar-refractivity contribution in [3.63, 3.8) is 0 Å². The minimum absolute atomic E-state index is 0.0341. The van der Waals surface area contributed by atoms with Crippen LogP contribution in [0.2, 0.25) is 0 Å². The number of nitro groups is 1. The molecule has 170 valence electrons. The summed E-state index contributed by atoms with van der Waals surface area (Å²) in [7, 11) is 0. The number of nitrogens with zero attached hydrogens (tertiary/aromatic N) is 6. The molecule has 10 nitrogen and oxygen atoms in total. The molecule has 2 N–H and O–H groups in total. The van der Waals surface area contributed by atoms with Gasteiger partial charge in [-0.1, -0.05) is 6.07 Å². The molecule has 0 amide bonds. The van der Waals surface area contributed by atoms with Crippen LogP contribution in [0, 0.1) is 21.4 Å². The van der Waals surface area contributed by atoms with E-state index >= 15 is 0 Å². The number of allylic oxidation sites excluding steroid dienone is 3. The molecule has 1 aromatic carbocycles. The van der Waals surface area contributed by atoms with Crippen molar-refractivity contribution in [1.82, 2.24) is 14.8 Å². The van der Waals surface area contributed by atoms with E-state index in [2.05, 4.69) is 16.2 Å². The molecular formula is C23H19N7O3S. The van der Waals surface area contributed by atoms with Gasteiger partial charge >= 0.3 is 0 Å². The van der Waals surface area contributed by atoms with Gasteiger partial charge in [0.1, 0.15) is 18.5 Å². The third-order valence-corrected chi connectivity index (χ3v) is 7.03. The number of hydrogen-bond donors (Lipinski definition) is 1. The number of benzene rings is 1. The predicted molar refractivity (Wildman–Crippen MR) is 124 cm³/mol. The molecule has 2 aromatic heterocycles. The highest BCUT2D eigenvalue weighted by molar-refractivity contribution is 7.10. The van der Waals surface area contributed by atoms with Gasteiger partial charge in [0.2, 0.25) is 0 Å². The van der Waals surface area contributed by atoms with Gasteiger partial charge in [-0.15, -0.1) is 11.3 Å². The summed E-state index contributed by atoms with van der Waals surface area (Å²) in [6.45, 7) is 0.518. The minimum Gasteiger partial charge on any atom is -0.384 e. The number of nitro benzene ring substituents is 1. The van der Waals surface area contributed by atoms with E-state index in [1.165, 1.54) is 29.8 Å². The van der Waals surface area contributed by atoms with E-state index in [-0.39, 0.29) is 22.9 Å². The number of Topliss-reactive ketones (excluding diaryl/α,β-unsaturated/α-hetero) is 1. The van der Waals surface area contributed by atoms with Crippen LogP contribution in [0.3, 0.4) is 0 Å². The van der Waals surface area contributed by atoms with Gasteiger partial charge in [0, 0.05) is 34.7 Å². The van der Waals surface area contributed by atoms with Crippen LogP contribution in [0.25, 0.3) is 0 Å². The molecule has 0 fully saturated rings.